The Balaban J connectivity index is 1.84. The molecule has 16 nitrogen and oxygen atoms in total. The predicted molar refractivity (Wildman–Crippen MR) is 183 cm³/mol. The molecule has 2 heterocycles. The second-order valence-electron chi connectivity index (χ2n) is 14.0. The van der Waals surface area contributed by atoms with E-state index in [1.165, 1.54) is 11.8 Å². The van der Waals surface area contributed by atoms with Crippen molar-refractivity contribution < 1.29 is 38.2 Å². The second kappa shape index (κ2) is 15.0. The van der Waals surface area contributed by atoms with E-state index in [4.69, 9.17) is 25.7 Å². The number of amides is 5. The Kier molecular flexibility index (Phi) is 11.9. The lowest BCUT2D eigenvalue weighted by molar-refractivity contribution is -0.202. The van der Waals surface area contributed by atoms with Crippen LogP contribution in [0.1, 0.15) is 82.2 Å². The van der Waals surface area contributed by atoms with Crippen LogP contribution in [0, 0.1) is 5.41 Å². The van der Waals surface area contributed by atoms with Gasteiger partial charge in [0.1, 0.15) is 11.1 Å². The highest BCUT2D eigenvalue weighted by Gasteiger charge is 2.51. The van der Waals surface area contributed by atoms with Gasteiger partial charge in [0.05, 0.1) is 11.1 Å². The van der Waals surface area contributed by atoms with Crippen molar-refractivity contribution in [3.8, 4) is 0 Å². The minimum absolute atomic E-state index is 0.192. The van der Waals surface area contributed by atoms with Gasteiger partial charge < -0.3 is 51.8 Å². The molecule has 0 spiro atoms. The molecule has 3 atom stereocenters. The molecular weight excluding hydrogens is 656 g/mol. The first-order chi connectivity index (χ1) is 22.5. The number of nitrogens with two attached hydrogens (primary N) is 2. The lowest BCUT2D eigenvalue weighted by Crippen LogP contribution is -2.59. The zero-order valence-electron chi connectivity index (χ0n) is 29.4. The minimum Gasteiger partial charge on any atom is -0.387 e. The average molecular weight is 705 g/mol. The molecule has 0 bridgehead atoms. The van der Waals surface area contributed by atoms with Crippen molar-refractivity contribution in [2.45, 2.75) is 97.6 Å². The fourth-order valence-corrected chi connectivity index (χ4v) is 5.86. The van der Waals surface area contributed by atoms with Gasteiger partial charge in [-0.2, -0.15) is 0 Å². The van der Waals surface area contributed by atoms with E-state index in [1.807, 2.05) is 0 Å². The Morgan fingerprint density at radius 1 is 1.04 bits per heavy atom. The van der Waals surface area contributed by atoms with Gasteiger partial charge in [-0.3, -0.25) is 14.4 Å². The maximum Gasteiger partial charge on any atom is 0.412 e. The lowest BCUT2D eigenvalue weighted by Gasteiger charge is -2.42. The summed E-state index contributed by atoms with van der Waals surface area (Å²) in [6.45, 7) is 11.8. The Morgan fingerprint density at radius 2 is 1.67 bits per heavy atom. The molecule has 2 aromatic rings. The Labute approximate surface area is 290 Å². The average Bonchev–Trinajstić information content (AvgIpc) is 3.52. The highest BCUT2D eigenvalue weighted by Crippen LogP contribution is 2.37. The lowest BCUT2D eigenvalue weighted by atomic mass is 9.90. The van der Waals surface area contributed by atoms with Gasteiger partial charge in [-0.05, 0) is 57.7 Å². The zero-order valence-corrected chi connectivity index (χ0v) is 30.3. The number of nitrogens with one attached hydrogen (secondary N) is 4. The number of anilines is 2. The Bertz CT molecular complexity index is 1550. The quantitative estimate of drug-likeness (QED) is 0.186. The molecule has 5 amide bonds. The number of hydrogen-bond donors (Lipinski definition) is 6. The third-order valence-corrected chi connectivity index (χ3v) is 8.26. The summed E-state index contributed by atoms with van der Waals surface area (Å²) in [6, 6.07) is 7.02. The standard InChI is InChI=1S/C32H48N8O8S/c1-18(41)35-27-36-21(23(49-27)24(42)38-31(25(43)40(8)9)17-16-22(33)46-31)15-12-19-10-13-20(14-11-19)37-32(29(2,3)4,47-26(34)44)48-28(45)39-30(5,6)7/h10-11,13-14,22,37H,12,15-17,33H2,1-9H3,(H2,34,44)(H,38,42)(H,39,45)(H,35,36,41)/t22?,31-,32?/m0/s1. The van der Waals surface area contributed by atoms with Gasteiger partial charge in [-0.15, -0.1) is 0 Å². The molecule has 0 radical (unpaired) electrons. The van der Waals surface area contributed by atoms with Gasteiger partial charge >= 0.3 is 18.1 Å². The van der Waals surface area contributed by atoms with Crippen LogP contribution >= 0.6 is 11.3 Å². The van der Waals surface area contributed by atoms with Crippen molar-refractivity contribution in [2.75, 3.05) is 24.7 Å². The molecule has 0 aliphatic carbocycles. The highest BCUT2D eigenvalue weighted by atomic mass is 32.1. The van der Waals surface area contributed by atoms with Crippen LogP contribution < -0.4 is 32.7 Å². The number of aryl methyl sites for hydroxylation is 2. The number of carbonyl (C=O) groups excluding carboxylic acids is 5. The number of ether oxygens (including phenoxy) is 3. The van der Waals surface area contributed by atoms with Gasteiger partial charge in [0.15, 0.2) is 5.13 Å². The summed E-state index contributed by atoms with van der Waals surface area (Å²) in [5.74, 6) is -3.37. The second-order valence-corrected chi connectivity index (χ2v) is 15.0. The molecular formula is C32H48N8O8S. The van der Waals surface area contributed by atoms with Crippen LogP contribution in [-0.2, 0) is 36.6 Å². The molecule has 1 aliphatic rings. The molecule has 1 saturated heterocycles. The molecule has 0 saturated carbocycles. The number of carbonyl (C=O) groups is 5. The highest BCUT2D eigenvalue weighted by molar-refractivity contribution is 7.17. The number of primary amides is 1. The molecule has 17 heteroatoms. The van der Waals surface area contributed by atoms with Gasteiger partial charge in [0.25, 0.3) is 11.8 Å². The monoisotopic (exact) mass is 704 g/mol. The molecule has 1 fully saturated rings. The number of likely N-dealkylation sites (N-methyl/N-ethyl adjacent to an activating group) is 1. The van der Waals surface area contributed by atoms with Crippen LogP contribution in [0.25, 0.3) is 0 Å². The number of nitrogens with zero attached hydrogens (tertiary/aromatic N) is 2. The summed E-state index contributed by atoms with van der Waals surface area (Å²) in [7, 11) is 3.11. The maximum atomic E-state index is 13.6. The van der Waals surface area contributed by atoms with Gasteiger partial charge in [0.2, 0.25) is 11.6 Å². The van der Waals surface area contributed by atoms with E-state index in [0.29, 0.717) is 30.6 Å². The van der Waals surface area contributed by atoms with E-state index >= 15 is 0 Å². The number of benzene rings is 1. The summed E-state index contributed by atoms with van der Waals surface area (Å²) < 4.78 is 16.8. The summed E-state index contributed by atoms with van der Waals surface area (Å²) in [5, 5.41) is 11.3. The van der Waals surface area contributed by atoms with Crippen molar-refractivity contribution in [1.29, 1.82) is 0 Å². The van der Waals surface area contributed by atoms with E-state index in [1.54, 1.807) is 79.9 Å². The van der Waals surface area contributed by atoms with Crippen LogP contribution in [0.15, 0.2) is 24.3 Å². The summed E-state index contributed by atoms with van der Waals surface area (Å²) >= 11 is 0.983. The fourth-order valence-electron chi connectivity index (χ4n) is 4.91. The van der Waals surface area contributed by atoms with Gasteiger partial charge in [-0.1, -0.05) is 44.2 Å². The van der Waals surface area contributed by atoms with Crippen LogP contribution in [0.5, 0.6) is 0 Å². The number of rotatable bonds is 11. The molecule has 1 aromatic carbocycles. The fraction of sp³-hybridized carbons (Fsp3) is 0.562. The first-order valence-corrected chi connectivity index (χ1v) is 16.5. The zero-order chi connectivity index (χ0) is 36.9. The van der Waals surface area contributed by atoms with Crippen LogP contribution in [0.4, 0.5) is 20.4 Å². The first-order valence-electron chi connectivity index (χ1n) is 15.7. The summed E-state index contributed by atoms with van der Waals surface area (Å²) in [5.41, 5.74) is 9.81. The first kappa shape index (κ1) is 39.0. The molecule has 2 unspecified atom stereocenters. The number of aromatic nitrogens is 1. The number of thiazole rings is 1. The van der Waals surface area contributed by atoms with E-state index in [-0.39, 0.29) is 22.3 Å². The largest absolute Gasteiger partial charge is 0.412 e. The molecule has 8 N–H and O–H groups in total. The predicted octanol–water partition coefficient (Wildman–Crippen LogP) is 3.23. The van der Waals surface area contributed by atoms with Crippen molar-refractivity contribution in [3.63, 3.8) is 0 Å². The molecule has 1 aliphatic heterocycles. The molecule has 270 valence electrons. The topological polar surface area (TPSA) is 229 Å². The van der Waals surface area contributed by atoms with E-state index in [9.17, 15) is 24.0 Å². The maximum absolute atomic E-state index is 13.6. The minimum atomic E-state index is -1.98. The normalized spacial score (nSPS) is 18.9. The SMILES string of the molecule is CC(=O)Nc1nc(CCc2ccc(NC(OC(N)=O)(OC(=O)NC(C)(C)C)C(C)(C)C)cc2)c(C(=O)N[C@@]2(C(=O)N(C)C)CCC(N)O2)s1. The Morgan fingerprint density at radius 3 is 2.16 bits per heavy atom. The van der Waals surface area contributed by atoms with E-state index in [0.717, 1.165) is 16.9 Å². The van der Waals surface area contributed by atoms with Crippen LogP contribution in [0.3, 0.4) is 0 Å². The van der Waals surface area contributed by atoms with E-state index < -0.39 is 52.8 Å². The smallest absolute Gasteiger partial charge is 0.387 e. The summed E-state index contributed by atoms with van der Waals surface area (Å²) in [6.07, 6.45) is -1.40. The molecule has 3 rings (SSSR count). The number of alkyl carbamates (subject to hydrolysis) is 1. The van der Waals surface area contributed by atoms with Crippen LogP contribution in [0.2, 0.25) is 0 Å². The molecule has 49 heavy (non-hydrogen) atoms. The van der Waals surface area contributed by atoms with Crippen molar-refractivity contribution >= 4 is 52.1 Å². The van der Waals surface area contributed by atoms with Gasteiger partial charge in [0, 0.05) is 38.7 Å². The van der Waals surface area contributed by atoms with E-state index in [2.05, 4.69) is 26.3 Å². The Hall–Kier alpha value is -4.48. The third kappa shape index (κ3) is 10.3. The van der Waals surface area contributed by atoms with Crippen molar-refractivity contribution in [3.05, 3.63) is 40.4 Å². The van der Waals surface area contributed by atoms with Gasteiger partial charge in [-0.25, -0.2) is 14.6 Å². The molecule has 1 aromatic heterocycles. The number of hydrogen-bond acceptors (Lipinski definition) is 12. The van der Waals surface area contributed by atoms with Crippen molar-refractivity contribution in [1.82, 2.24) is 20.5 Å². The third-order valence-electron chi connectivity index (χ3n) is 7.25. The summed E-state index contributed by atoms with van der Waals surface area (Å²) in [4.78, 5) is 69.3. The van der Waals surface area contributed by atoms with Crippen LogP contribution in [-0.4, -0.2) is 77.3 Å². The van der Waals surface area contributed by atoms with Crippen molar-refractivity contribution in [2.24, 2.45) is 16.9 Å².